The first-order valence-electron chi connectivity index (χ1n) is 8.63. The molecule has 23 heavy (non-hydrogen) atoms. The first-order valence-corrected chi connectivity index (χ1v) is 11.3. The Labute approximate surface area is 148 Å². The molecule has 132 valence electrons. The molecule has 0 aliphatic carbocycles. The zero-order chi connectivity index (χ0) is 17.5. The fourth-order valence-corrected chi connectivity index (χ4v) is 2.69. The van der Waals surface area contributed by atoms with Crippen LogP contribution >= 0.6 is 17.4 Å². The van der Waals surface area contributed by atoms with Gasteiger partial charge in [-0.3, -0.25) is 0 Å². The van der Waals surface area contributed by atoms with Gasteiger partial charge in [0.25, 0.3) is 0 Å². The molecule has 2 unspecified atom stereocenters. The van der Waals surface area contributed by atoms with E-state index in [1.165, 1.54) is 48.0 Å². The molecule has 0 saturated carbocycles. The monoisotopic (exact) mass is 354 g/mol. The molecule has 0 aromatic heterocycles. The molecule has 0 N–H and O–H groups in total. The number of rotatable bonds is 12. The normalized spacial score (nSPS) is 13.9. The van der Waals surface area contributed by atoms with E-state index < -0.39 is 0 Å². The fourth-order valence-electron chi connectivity index (χ4n) is 2.22. The van der Waals surface area contributed by atoms with Gasteiger partial charge in [0.05, 0.1) is 6.61 Å². The van der Waals surface area contributed by atoms with Crippen molar-refractivity contribution in [3.8, 4) is 0 Å². The zero-order valence-corrected chi connectivity index (χ0v) is 17.9. The van der Waals surface area contributed by atoms with Crippen molar-refractivity contribution in [3.05, 3.63) is 46.6 Å². The Morgan fingerprint density at radius 2 is 1.17 bits per heavy atom. The lowest BCUT2D eigenvalue weighted by molar-refractivity contribution is 0.422. The molecule has 0 rings (SSSR count). The van der Waals surface area contributed by atoms with E-state index in [2.05, 4.69) is 67.9 Å². The van der Waals surface area contributed by atoms with Crippen LogP contribution in [-0.4, -0.2) is 6.61 Å². The van der Waals surface area contributed by atoms with Gasteiger partial charge in [0.15, 0.2) is 0 Å². The summed E-state index contributed by atoms with van der Waals surface area (Å²) in [6, 6.07) is 0. The summed E-state index contributed by atoms with van der Waals surface area (Å²) in [5, 5.41) is 0. The summed E-state index contributed by atoms with van der Waals surface area (Å²) in [4.78, 5) is 0. The molecule has 0 spiro atoms. The molecule has 0 aliphatic heterocycles. The van der Waals surface area contributed by atoms with Crippen LogP contribution in [0.15, 0.2) is 46.6 Å². The maximum Gasteiger partial charge on any atom is 0.0693 e. The van der Waals surface area contributed by atoms with E-state index in [1.807, 2.05) is 0 Å². The second-order valence-electron chi connectivity index (χ2n) is 6.48. The van der Waals surface area contributed by atoms with Gasteiger partial charge < -0.3 is 4.52 Å². The van der Waals surface area contributed by atoms with Crippen LogP contribution < -0.4 is 0 Å². The van der Waals surface area contributed by atoms with Gasteiger partial charge in [0.2, 0.25) is 0 Å². The van der Waals surface area contributed by atoms with E-state index in [0.29, 0.717) is 8.50 Å². The Bertz CT molecular complexity index is 427. The minimum atomic E-state index is 0.503. The maximum atomic E-state index is 5.34. The van der Waals surface area contributed by atoms with E-state index in [-0.39, 0.29) is 0 Å². The topological polar surface area (TPSA) is 9.23 Å². The average molecular weight is 354 g/mol. The summed E-state index contributed by atoms with van der Waals surface area (Å²) >= 11 is 0. The molecular formula is C20H36OP2. The Hall–Kier alpha value is -0.220. The van der Waals surface area contributed by atoms with Crippen LogP contribution in [0.3, 0.4) is 0 Å². The van der Waals surface area contributed by atoms with Gasteiger partial charge in [-0.15, -0.1) is 0 Å². The van der Waals surface area contributed by atoms with Crippen molar-refractivity contribution in [1.29, 1.82) is 0 Å². The molecule has 0 saturated heterocycles. The van der Waals surface area contributed by atoms with Crippen LogP contribution in [0.4, 0.5) is 0 Å². The molecule has 0 aromatic rings. The Morgan fingerprint density at radius 3 is 1.61 bits per heavy atom. The second-order valence-corrected chi connectivity index (χ2v) is 7.71. The van der Waals surface area contributed by atoms with Gasteiger partial charge in [0.1, 0.15) is 0 Å². The van der Waals surface area contributed by atoms with Gasteiger partial charge >= 0.3 is 0 Å². The summed E-state index contributed by atoms with van der Waals surface area (Å²) in [5.74, 6) is 0. The van der Waals surface area contributed by atoms with Crippen molar-refractivity contribution in [2.45, 2.75) is 73.1 Å². The predicted octanol–water partition coefficient (Wildman–Crippen LogP) is 7.53. The van der Waals surface area contributed by atoms with E-state index in [1.54, 1.807) is 0 Å². The van der Waals surface area contributed by atoms with Crippen molar-refractivity contribution in [2.24, 2.45) is 0 Å². The Balaban J connectivity index is 3.93. The molecular weight excluding hydrogens is 318 g/mol. The smallest absolute Gasteiger partial charge is 0.0693 e. The summed E-state index contributed by atoms with van der Waals surface area (Å²) in [5.41, 5.74) is 5.87. The van der Waals surface area contributed by atoms with Crippen LogP contribution in [0.25, 0.3) is 0 Å². The summed E-state index contributed by atoms with van der Waals surface area (Å²) in [6.45, 7) is 11.8. The lowest BCUT2D eigenvalue weighted by Crippen LogP contribution is -1.84. The summed E-state index contributed by atoms with van der Waals surface area (Å²) in [7, 11) is 3.11. The molecule has 3 heteroatoms. The first kappa shape index (κ1) is 22.8. The quantitative estimate of drug-likeness (QED) is 0.200. The van der Waals surface area contributed by atoms with Crippen molar-refractivity contribution in [1.82, 2.24) is 0 Å². The molecule has 0 aromatic carbocycles. The maximum absolute atomic E-state index is 5.34. The highest BCUT2D eigenvalue weighted by Crippen LogP contribution is 2.21. The molecule has 0 fully saturated rings. The molecule has 0 heterocycles. The first-order chi connectivity index (χ1) is 11.0. The number of hydrogen-bond acceptors (Lipinski definition) is 1. The van der Waals surface area contributed by atoms with E-state index >= 15 is 0 Å². The Kier molecular flexibility index (Phi) is 15.2. The van der Waals surface area contributed by atoms with Gasteiger partial charge in [-0.05, 0) is 73.1 Å². The van der Waals surface area contributed by atoms with Crippen LogP contribution in [0.2, 0.25) is 0 Å². The van der Waals surface area contributed by atoms with Crippen molar-refractivity contribution in [2.75, 3.05) is 6.61 Å². The molecule has 1 nitrogen and oxygen atoms in total. The zero-order valence-electron chi connectivity index (χ0n) is 15.7. The largest absolute Gasteiger partial charge is 0.354 e. The molecule has 0 radical (unpaired) electrons. The highest BCUT2D eigenvalue weighted by molar-refractivity contribution is 8.00. The third kappa shape index (κ3) is 16.4. The van der Waals surface area contributed by atoms with Gasteiger partial charge in [-0.2, -0.15) is 0 Å². The standard InChI is InChI=1S/C20H36OP2/c1-17(2)9-6-10-18(3)11-7-12-19(4)13-8-14-20(5)15-16-21-23-22/h9,11,13,15,23H,6-8,10,12,14,16,22H2,1-5H3/b18-11-,19-13-,20-15-. The van der Waals surface area contributed by atoms with Crippen LogP contribution in [0, 0.1) is 0 Å². The molecule has 0 aliphatic rings. The Morgan fingerprint density at radius 1 is 0.739 bits per heavy atom. The second kappa shape index (κ2) is 15.3. The fraction of sp³-hybridized carbons (Fsp3) is 0.600. The summed E-state index contributed by atoms with van der Waals surface area (Å²) in [6.07, 6.45) is 16.3. The third-order valence-electron chi connectivity index (χ3n) is 3.75. The predicted molar refractivity (Wildman–Crippen MR) is 112 cm³/mol. The van der Waals surface area contributed by atoms with Crippen LogP contribution in [-0.2, 0) is 4.52 Å². The molecule has 0 bridgehead atoms. The van der Waals surface area contributed by atoms with Gasteiger partial charge in [-0.1, -0.05) is 55.5 Å². The van der Waals surface area contributed by atoms with Gasteiger partial charge in [0, 0.05) is 8.50 Å². The minimum absolute atomic E-state index is 0.503. The van der Waals surface area contributed by atoms with Crippen molar-refractivity contribution < 1.29 is 4.52 Å². The lowest BCUT2D eigenvalue weighted by Gasteiger charge is -2.03. The molecule has 0 amide bonds. The average Bonchev–Trinajstić information content (AvgIpc) is 2.47. The van der Waals surface area contributed by atoms with Crippen molar-refractivity contribution >= 4 is 17.4 Å². The highest BCUT2D eigenvalue weighted by Gasteiger charge is 1.93. The van der Waals surface area contributed by atoms with E-state index in [9.17, 15) is 0 Å². The van der Waals surface area contributed by atoms with Crippen LogP contribution in [0.1, 0.15) is 73.1 Å². The van der Waals surface area contributed by atoms with Crippen molar-refractivity contribution in [3.63, 3.8) is 0 Å². The van der Waals surface area contributed by atoms with E-state index in [0.717, 1.165) is 19.4 Å². The van der Waals surface area contributed by atoms with Gasteiger partial charge in [-0.25, -0.2) is 0 Å². The minimum Gasteiger partial charge on any atom is -0.354 e. The summed E-state index contributed by atoms with van der Waals surface area (Å²) < 4.78 is 5.34. The SMILES string of the molecule is CC(C)=CCC/C(C)=C\CC/C(C)=C\CC/C(C)=C\COPP. The number of allylic oxidation sites excluding steroid dienone is 7. The highest BCUT2D eigenvalue weighted by atomic mass is 32.0. The van der Waals surface area contributed by atoms with E-state index in [4.69, 9.17) is 4.52 Å². The third-order valence-corrected chi connectivity index (χ3v) is 4.59. The van der Waals surface area contributed by atoms with Crippen LogP contribution in [0.5, 0.6) is 0 Å². The molecule has 2 atom stereocenters. The number of hydrogen-bond donors (Lipinski definition) is 0. The lowest BCUT2D eigenvalue weighted by atomic mass is 10.0.